The lowest BCUT2D eigenvalue weighted by Gasteiger charge is -2.27. The predicted octanol–water partition coefficient (Wildman–Crippen LogP) is 1.40. The fourth-order valence-electron chi connectivity index (χ4n) is 1.93. The van der Waals surface area contributed by atoms with Gasteiger partial charge in [0.05, 0.1) is 7.11 Å². The maximum Gasteiger partial charge on any atom is 0.348 e. The molecule has 0 N–H and O–H groups in total. The van der Waals surface area contributed by atoms with Gasteiger partial charge in [-0.05, 0) is 5.22 Å². The number of rotatable bonds is 2. The number of nitrogens with zero attached hydrogens (tertiary/aromatic N) is 4. The van der Waals surface area contributed by atoms with Crippen LogP contribution in [0.1, 0.15) is 5.56 Å². The standard InChI is InChI=1S/C12H14N4O2/c1-16(2)10-12(11(17)18-3,14-15-13-10)9-7-5-4-6-8-9/h4-8H,1-3H3. The van der Waals surface area contributed by atoms with Crippen molar-refractivity contribution >= 4 is 11.8 Å². The number of carbonyl (C=O) groups is 1. The van der Waals surface area contributed by atoms with Gasteiger partial charge in [0.15, 0.2) is 5.84 Å². The Balaban J connectivity index is 2.60. The fraction of sp³-hybridized carbons (Fsp3) is 0.333. The Bertz CT molecular complexity index is 510. The van der Waals surface area contributed by atoms with Crippen LogP contribution in [0.4, 0.5) is 0 Å². The summed E-state index contributed by atoms with van der Waals surface area (Å²) in [6.07, 6.45) is 0. The molecule has 1 unspecified atom stereocenters. The summed E-state index contributed by atoms with van der Waals surface area (Å²) in [7, 11) is 4.90. The maximum atomic E-state index is 12.2. The minimum Gasteiger partial charge on any atom is -0.467 e. The number of methoxy groups -OCH3 is 1. The monoisotopic (exact) mass is 246 g/mol. The van der Waals surface area contributed by atoms with E-state index in [-0.39, 0.29) is 0 Å². The number of esters is 1. The molecule has 0 bridgehead atoms. The number of amidine groups is 1. The third-order valence-corrected chi connectivity index (χ3v) is 2.75. The highest BCUT2D eigenvalue weighted by Crippen LogP contribution is 2.34. The van der Waals surface area contributed by atoms with Gasteiger partial charge in [0.25, 0.3) is 5.54 Å². The van der Waals surface area contributed by atoms with E-state index in [9.17, 15) is 4.79 Å². The van der Waals surface area contributed by atoms with Gasteiger partial charge in [-0.1, -0.05) is 30.3 Å². The van der Waals surface area contributed by atoms with Crippen molar-refractivity contribution in [2.75, 3.05) is 21.2 Å². The summed E-state index contributed by atoms with van der Waals surface area (Å²) in [4.78, 5) is 13.9. The molecule has 1 atom stereocenters. The van der Waals surface area contributed by atoms with Crippen molar-refractivity contribution in [3.63, 3.8) is 0 Å². The Morgan fingerprint density at radius 1 is 1.28 bits per heavy atom. The molecular weight excluding hydrogens is 232 g/mol. The Morgan fingerprint density at radius 2 is 1.94 bits per heavy atom. The van der Waals surface area contributed by atoms with Crippen molar-refractivity contribution in [3.05, 3.63) is 35.9 Å². The fourth-order valence-corrected chi connectivity index (χ4v) is 1.93. The lowest BCUT2D eigenvalue weighted by atomic mass is 9.89. The van der Waals surface area contributed by atoms with Crippen LogP contribution in [0.2, 0.25) is 0 Å². The quantitative estimate of drug-likeness (QED) is 0.741. The van der Waals surface area contributed by atoms with Crippen molar-refractivity contribution in [2.24, 2.45) is 15.4 Å². The molecule has 0 aromatic heterocycles. The highest BCUT2D eigenvalue weighted by atomic mass is 16.5. The van der Waals surface area contributed by atoms with Crippen LogP contribution in [0.5, 0.6) is 0 Å². The molecule has 0 saturated heterocycles. The Morgan fingerprint density at radius 3 is 2.50 bits per heavy atom. The highest BCUT2D eigenvalue weighted by Gasteiger charge is 2.51. The molecule has 2 rings (SSSR count). The van der Waals surface area contributed by atoms with E-state index < -0.39 is 11.5 Å². The molecule has 1 heterocycles. The van der Waals surface area contributed by atoms with Gasteiger partial charge in [0.1, 0.15) is 0 Å². The smallest absolute Gasteiger partial charge is 0.348 e. The van der Waals surface area contributed by atoms with E-state index in [1.807, 2.05) is 18.2 Å². The highest BCUT2D eigenvalue weighted by molar-refractivity contribution is 6.11. The molecule has 6 nitrogen and oxygen atoms in total. The Hall–Kier alpha value is -2.24. The van der Waals surface area contributed by atoms with Crippen molar-refractivity contribution in [1.82, 2.24) is 4.90 Å². The van der Waals surface area contributed by atoms with Gasteiger partial charge in [-0.2, -0.15) is 0 Å². The molecule has 1 aliphatic heterocycles. The van der Waals surface area contributed by atoms with Crippen LogP contribution in [0.15, 0.2) is 45.8 Å². The number of ether oxygens (including phenoxy) is 1. The summed E-state index contributed by atoms with van der Waals surface area (Å²) < 4.78 is 4.87. The second-order valence-corrected chi connectivity index (χ2v) is 4.08. The molecular formula is C12H14N4O2. The maximum absolute atomic E-state index is 12.2. The van der Waals surface area contributed by atoms with E-state index >= 15 is 0 Å². The summed E-state index contributed by atoms with van der Waals surface area (Å²) >= 11 is 0. The zero-order valence-electron chi connectivity index (χ0n) is 10.5. The largest absolute Gasteiger partial charge is 0.467 e. The van der Waals surface area contributed by atoms with Crippen LogP contribution in [-0.2, 0) is 15.1 Å². The van der Waals surface area contributed by atoms with Crippen molar-refractivity contribution < 1.29 is 9.53 Å². The lowest BCUT2D eigenvalue weighted by molar-refractivity contribution is -0.144. The first-order valence-electron chi connectivity index (χ1n) is 5.44. The Kier molecular flexibility index (Phi) is 3.10. The third kappa shape index (κ3) is 1.66. The molecule has 0 amide bonds. The first-order chi connectivity index (χ1) is 8.63. The van der Waals surface area contributed by atoms with Gasteiger partial charge in [0, 0.05) is 19.7 Å². The van der Waals surface area contributed by atoms with Gasteiger partial charge < -0.3 is 9.64 Å². The van der Waals surface area contributed by atoms with Crippen LogP contribution >= 0.6 is 0 Å². The van der Waals surface area contributed by atoms with Crippen molar-refractivity contribution in [1.29, 1.82) is 0 Å². The van der Waals surface area contributed by atoms with E-state index in [1.54, 1.807) is 31.1 Å². The van der Waals surface area contributed by atoms with Gasteiger partial charge in [-0.3, -0.25) is 0 Å². The molecule has 1 aromatic carbocycles. The SMILES string of the molecule is COC(=O)C1(c2ccccc2)N=NN=C1N(C)C. The van der Waals surface area contributed by atoms with Crippen LogP contribution in [0.25, 0.3) is 0 Å². The molecule has 6 heteroatoms. The molecule has 0 radical (unpaired) electrons. The van der Waals surface area contributed by atoms with Gasteiger partial charge in [-0.25, -0.2) is 4.79 Å². The molecule has 94 valence electrons. The van der Waals surface area contributed by atoms with E-state index in [1.165, 1.54) is 7.11 Å². The van der Waals surface area contributed by atoms with Gasteiger partial charge in [-0.15, -0.1) is 10.2 Å². The number of likely N-dealkylation sites (N-methyl/N-ethyl adjacent to an activating group) is 1. The second-order valence-electron chi connectivity index (χ2n) is 4.08. The van der Waals surface area contributed by atoms with Crippen molar-refractivity contribution in [3.8, 4) is 0 Å². The zero-order valence-corrected chi connectivity index (χ0v) is 10.5. The average molecular weight is 246 g/mol. The molecule has 1 aromatic rings. The summed E-state index contributed by atoms with van der Waals surface area (Å²) in [5, 5.41) is 11.6. The molecule has 0 fully saturated rings. The van der Waals surface area contributed by atoms with E-state index in [0.717, 1.165) is 0 Å². The normalized spacial score (nSPS) is 21.6. The van der Waals surface area contributed by atoms with E-state index in [0.29, 0.717) is 11.4 Å². The van der Waals surface area contributed by atoms with E-state index in [2.05, 4.69) is 15.4 Å². The Labute approximate surface area is 105 Å². The number of hydrogen-bond acceptors (Lipinski definition) is 6. The molecule has 0 saturated carbocycles. The first-order valence-corrected chi connectivity index (χ1v) is 5.44. The van der Waals surface area contributed by atoms with Crippen LogP contribution in [0, 0.1) is 0 Å². The topological polar surface area (TPSA) is 66.6 Å². The van der Waals surface area contributed by atoms with Crippen LogP contribution < -0.4 is 0 Å². The summed E-state index contributed by atoms with van der Waals surface area (Å²) in [6, 6.07) is 9.15. The summed E-state index contributed by atoms with van der Waals surface area (Å²) in [5.74, 6) is -0.0528. The number of carbonyl (C=O) groups excluding carboxylic acids is 1. The minimum absolute atomic E-state index is 0.445. The number of hydrogen-bond donors (Lipinski definition) is 0. The number of benzene rings is 1. The third-order valence-electron chi connectivity index (χ3n) is 2.75. The zero-order chi connectivity index (χ0) is 13.2. The first kappa shape index (κ1) is 12.2. The molecule has 18 heavy (non-hydrogen) atoms. The van der Waals surface area contributed by atoms with Gasteiger partial charge >= 0.3 is 5.97 Å². The summed E-state index contributed by atoms with van der Waals surface area (Å²) in [5.41, 5.74) is -0.606. The van der Waals surface area contributed by atoms with Crippen molar-refractivity contribution in [2.45, 2.75) is 5.54 Å². The molecule has 0 spiro atoms. The lowest BCUT2D eigenvalue weighted by Crippen LogP contribution is -2.47. The summed E-state index contributed by atoms with van der Waals surface area (Å²) in [6.45, 7) is 0. The van der Waals surface area contributed by atoms with Gasteiger partial charge in [0.2, 0.25) is 0 Å². The predicted molar refractivity (Wildman–Crippen MR) is 66.1 cm³/mol. The van der Waals surface area contributed by atoms with Crippen LogP contribution in [0.3, 0.4) is 0 Å². The van der Waals surface area contributed by atoms with Crippen LogP contribution in [-0.4, -0.2) is 37.9 Å². The average Bonchev–Trinajstić information content (AvgIpc) is 2.84. The molecule has 0 aliphatic carbocycles. The second kappa shape index (κ2) is 4.56. The molecule has 1 aliphatic rings. The van der Waals surface area contributed by atoms with E-state index in [4.69, 9.17) is 4.74 Å². The minimum atomic E-state index is -1.29.